The fraction of sp³-hybridized carbons (Fsp3) is 0.259. The molecule has 0 saturated carbocycles. The fourth-order valence-electron chi connectivity index (χ4n) is 3.50. The molecule has 0 radical (unpaired) electrons. The molecule has 0 atom stereocenters. The number of hydrogen-bond acceptors (Lipinski definition) is 2. The molecular weight excluding hydrogens is 384 g/mol. The molecule has 0 spiro atoms. The Morgan fingerprint density at radius 1 is 0.871 bits per heavy atom. The Bertz CT molecular complexity index is 1030. The number of carbonyl (C=O) groups is 2. The molecular formula is C27H30N2O2. The Kier molecular flexibility index (Phi) is 7.60. The smallest absolute Gasteiger partial charge is 0.228 e. The van der Waals surface area contributed by atoms with E-state index in [1.54, 1.807) is 0 Å². The van der Waals surface area contributed by atoms with Gasteiger partial charge in [0.2, 0.25) is 11.8 Å². The van der Waals surface area contributed by atoms with Gasteiger partial charge in [0.1, 0.15) is 0 Å². The second kappa shape index (κ2) is 10.6. The first kappa shape index (κ1) is 22.3. The molecule has 1 N–H and O–H groups in total. The van der Waals surface area contributed by atoms with Crippen molar-refractivity contribution < 1.29 is 9.59 Å². The van der Waals surface area contributed by atoms with E-state index < -0.39 is 0 Å². The Balaban J connectivity index is 1.78. The van der Waals surface area contributed by atoms with E-state index in [0.717, 1.165) is 28.1 Å². The Morgan fingerprint density at radius 3 is 2.29 bits per heavy atom. The van der Waals surface area contributed by atoms with Gasteiger partial charge in [0.15, 0.2) is 0 Å². The molecule has 0 aliphatic heterocycles. The van der Waals surface area contributed by atoms with Crippen molar-refractivity contribution >= 4 is 23.2 Å². The van der Waals surface area contributed by atoms with Crippen molar-refractivity contribution in [3.8, 4) is 0 Å². The van der Waals surface area contributed by atoms with Crippen LogP contribution in [0, 0.1) is 12.8 Å². The Hall–Kier alpha value is -3.40. The van der Waals surface area contributed by atoms with Crippen LogP contribution in [-0.4, -0.2) is 11.8 Å². The number of hydrogen-bond donors (Lipinski definition) is 1. The van der Waals surface area contributed by atoms with Crippen molar-refractivity contribution in [2.45, 2.75) is 40.2 Å². The maximum Gasteiger partial charge on any atom is 0.228 e. The van der Waals surface area contributed by atoms with Gasteiger partial charge in [0, 0.05) is 17.8 Å². The van der Waals surface area contributed by atoms with Gasteiger partial charge in [-0.1, -0.05) is 68.4 Å². The van der Waals surface area contributed by atoms with Crippen LogP contribution in [0.2, 0.25) is 0 Å². The lowest BCUT2D eigenvalue weighted by molar-refractivity contribution is -0.119. The summed E-state index contributed by atoms with van der Waals surface area (Å²) in [7, 11) is 0. The minimum Gasteiger partial charge on any atom is -0.326 e. The summed E-state index contributed by atoms with van der Waals surface area (Å²) in [6, 6.07) is 25.4. The van der Waals surface area contributed by atoms with E-state index in [9.17, 15) is 9.59 Å². The summed E-state index contributed by atoms with van der Waals surface area (Å²) in [5.74, 6) is 0.278. The van der Waals surface area contributed by atoms with E-state index in [0.29, 0.717) is 13.0 Å². The van der Waals surface area contributed by atoms with Crippen molar-refractivity contribution in [3.63, 3.8) is 0 Å². The number of nitrogens with one attached hydrogen (secondary N) is 1. The highest BCUT2D eigenvalue weighted by molar-refractivity contribution is 5.94. The van der Waals surface area contributed by atoms with E-state index in [1.807, 2.05) is 105 Å². The largest absolute Gasteiger partial charge is 0.326 e. The molecule has 0 aliphatic carbocycles. The molecule has 3 aromatic carbocycles. The van der Waals surface area contributed by atoms with Gasteiger partial charge >= 0.3 is 0 Å². The third kappa shape index (κ3) is 6.82. The number of benzene rings is 3. The molecule has 160 valence electrons. The monoisotopic (exact) mass is 414 g/mol. The standard InChI is InChI=1S/C27H30N2O2/c1-20(2)15-27(31)29(19-22-10-5-4-6-11-22)25-14-8-12-23(17-25)18-26(30)28-24-13-7-9-21(3)16-24/h4-14,16-17,20H,15,18-19H2,1-3H3,(H,28,30). The SMILES string of the molecule is Cc1cccc(NC(=O)Cc2cccc(N(Cc3ccccc3)C(=O)CC(C)C)c2)c1. The van der Waals surface area contributed by atoms with Crippen LogP contribution in [0.15, 0.2) is 78.9 Å². The maximum atomic E-state index is 13.0. The Labute approximate surface area is 184 Å². The van der Waals surface area contributed by atoms with Crippen LogP contribution >= 0.6 is 0 Å². The van der Waals surface area contributed by atoms with Crippen LogP contribution in [0.4, 0.5) is 11.4 Å². The second-order valence-electron chi connectivity index (χ2n) is 8.33. The molecule has 0 heterocycles. The van der Waals surface area contributed by atoms with Gasteiger partial charge in [-0.05, 0) is 53.8 Å². The molecule has 0 unspecified atom stereocenters. The summed E-state index contributed by atoms with van der Waals surface area (Å²) in [4.78, 5) is 27.4. The summed E-state index contributed by atoms with van der Waals surface area (Å²) in [5, 5.41) is 2.95. The fourth-order valence-corrected chi connectivity index (χ4v) is 3.50. The number of carbonyl (C=O) groups excluding carboxylic acids is 2. The number of rotatable bonds is 8. The van der Waals surface area contributed by atoms with Crippen molar-refractivity contribution in [3.05, 3.63) is 95.6 Å². The number of amides is 2. The summed E-state index contributed by atoms with van der Waals surface area (Å²) < 4.78 is 0. The van der Waals surface area contributed by atoms with Gasteiger partial charge in [0.25, 0.3) is 0 Å². The van der Waals surface area contributed by atoms with Crippen LogP contribution in [0.25, 0.3) is 0 Å². The number of aryl methyl sites for hydroxylation is 1. The zero-order valence-corrected chi connectivity index (χ0v) is 18.5. The third-order valence-corrected chi connectivity index (χ3v) is 4.96. The summed E-state index contributed by atoms with van der Waals surface area (Å²) in [5.41, 5.74) is 4.65. The van der Waals surface area contributed by atoms with E-state index in [1.165, 1.54) is 0 Å². The molecule has 0 aromatic heterocycles. The molecule has 0 saturated heterocycles. The first-order valence-electron chi connectivity index (χ1n) is 10.7. The second-order valence-corrected chi connectivity index (χ2v) is 8.33. The summed E-state index contributed by atoms with van der Waals surface area (Å²) in [6.07, 6.45) is 0.726. The maximum absolute atomic E-state index is 13.0. The zero-order valence-electron chi connectivity index (χ0n) is 18.5. The topological polar surface area (TPSA) is 49.4 Å². The Morgan fingerprint density at radius 2 is 1.58 bits per heavy atom. The zero-order chi connectivity index (χ0) is 22.2. The molecule has 31 heavy (non-hydrogen) atoms. The molecule has 3 rings (SSSR count). The average Bonchev–Trinajstić information content (AvgIpc) is 2.72. The molecule has 0 aliphatic rings. The lowest BCUT2D eigenvalue weighted by atomic mass is 10.1. The van der Waals surface area contributed by atoms with Crippen molar-refractivity contribution in [1.29, 1.82) is 0 Å². The quantitative estimate of drug-likeness (QED) is 0.510. The third-order valence-electron chi connectivity index (χ3n) is 4.96. The molecule has 3 aromatic rings. The van der Waals surface area contributed by atoms with Crippen molar-refractivity contribution in [2.24, 2.45) is 5.92 Å². The molecule has 2 amide bonds. The number of nitrogens with zero attached hydrogens (tertiary/aromatic N) is 1. The van der Waals surface area contributed by atoms with Gasteiger partial charge < -0.3 is 10.2 Å². The summed E-state index contributed by atoms with van der Waals surface area (Å²) >= 11 is 0. The van der Waals surface area contributed by atoms with Crippen LogP contribution in [0.3, 0.4) is 0 Å². The van der Waals surface area contributed by atoms with Crippen LogP contribution in [0.5, 0.6) is 0 Å². The predicted molar refractivity (Wildman–Crippen MR) is 127 cm³/mol. The highest BCUT2D eigenvalue weighted by atomic mass is 16.2. The first-order valence-corrected chi connectivity index (χ1v) is 10.7. The highest BCUT2D eigenvalue weighted by Crippen LogP contribution is 2.22. The lowest BCUT2D eigenvalue weighted by Crippen LogP contribution is -2.31. The van der Waals surface area contributed by atoms with E-state index in [-0.39, 0.29) is 24.2 Å². The first-order chi connectivity index (χ1) is 14.9. The molecule has 0 bridgehead atoms. The van der Waals surface area contributed by atoms with Crippen LogP contribution in [0.1, 0.15) is 37.0 Å². The van der Waals surface area contributed by atoms with Gasteiger partial charge in [-0.3, -0.25) is 9.59 Å². The van der Waals surface area contributed by atoms with Crippen molar-refractivity contribution in [2.75, 3.05) is 10.2 Å². The minimum absolute atomic E-state index is 0.0779. The van der Waals surface area contributed by atoms with Crippen LogP contribution in [-0.2, 0) is 22.6 Å². The lowest BCUT2D eigenvalue weighted by Gasteiger charge is -2.24. The van der Waals surface area contributed by atoms with Gasteiger partial charge in [-0.2, -0.15) is 0 Å². The van der Waals surface area contributed by atoms with Crippen molar-refractivity contribution in [1.82, 2.24) is 0 Å². The molecule has 4 heteroatoms. The predicted octanol–water partition coefficient (Wildman–Crippen LogP) is 5.76. The number of anilines is 2. The normalized spacial score (nSPS) is 10.7. The highest BCUT2D eigenvalue weighted by Gasteiger charge is 2.18. The van der Waals surface area contributed by atoms with Gasteiger partial charge in [-0.15, -0.1) is 0 Å². The average molecular weight is 415 g/mol. The van der Waals surface area contributed by atoms with Gasteiger partial charge in [0.05, 0.1) is 13.0 Å². The summed E-state index contributed by atoms with van der Waals surface area (Å²) in [6.45, 7) is 6.59. The minimum atomic E-state index is -0.0779. The molecule has 0 fully saturated rings. The molecule has 4 nitrogen and oxygen atoms in total. The van der Waals surface area contributed by atoms with E-state index in [2.05, 4.69) is 5.32 Å². The van der Waals surface area contributed by atoms with E-state index in [4.69, 9.17) is 0 Å². The van der Waals surface area contributed by atoms with Gasteiger partial charge in [-0.25, -0.2) is 0 Å². The van der Waals surface area contributed by atoms with E-state index >= 15 is 0 Å². The van der Waals surface area contributed by atoms with Crippen LogP contribution < -0.4 is 10.2 Å².